The predicted octanol–water partition coefficient (Wildman–Crippen LogP) is 2.69. The van der Waals surface area contributed by atoms with Gasteiger partial charge in [-0.25, -0.2) is 0 Å². The molecule has 0 aliphatic carbocycles. The Bertz CT molecular complexity index is 576. The summed E-state index contributed by atoms with van der Waals surface area (Å²) in [7, 11) is 1.57. The largest absolute Gasteiger partial charge is 0.497 e. The van der Waals surface area contributed by atoms with Crippen LogP contribution < -0.4 is 4.74 Å². The number of carbonyl (C=O) groups excluding carboxylic acids is 2. The van der Waals surface area contributed by atoms with Gasteiger partial charge >= 0.3 is 5.97 Å². The number of benzene rings is 1. The lowest BCUT2D eigenvalue weighted by Crippen LogP contribution is -2.43. The molecule has 1 saturated heterocycles. The summed E-state index contributed by atoms with van der Waals surface area (Å²) in [4.78, 5) is 26.1. The van der Waals surface area contributed by atoms with Crippen molar-refractivity contribution in [2.75, 3.05) is 26.8 Å². The zero-order chi connectivity index (χ0) is 16.8. The minimum Gasteiger partial charge on any atom is -0.497 e. The average Bonchev–Trinajstić information content (AvgIpc) is 2.57. The summed E-state index contributed by atoms with van der Waals surface area (Å²) in [5, 5.41) is 0.511. The fourth-order valence-corrected chi connectivity index (χ4v) is 2.97. The first-order chi connectivity index (χ1) is 11.0. The van der Waals surface area contributed by atoms with Gasteiger partial charge in [0, 0.05) is 18.1 Å². The van der Waals surface area contributed by atoms with E-state index in [9.17, 15) is 9.59 Å². The van der Waals surface area contributed by atoms with Crippen molar-refractivity contribution in [2.24, 2.45) is 5.92 Å². The number of halogens is 1. The predicted molar refractivity (Wildman–Crippen MR) is 87.6 cm³/mol. The molecule has 0 N–H and O–H groups in total. The van der Waals surface area contributed by atoms with Crippen molar-refractivity contribution in [3.8, 4) is 5.75 Å². The molecule has 23 heavy (non-hydrogen) atoms. The molecule has 0 aromatic heterocycles. The summed E-state index contributed by atoms with van der Waals surface area (Å²) in [5.41, 5.74) is 0.760. The number of methoxy groups -OCH3 is 1. The van der Waals surface area contributed by atoms with Crippen molar-refractivity contribution in [2.45, 2.75) is 26.2 Å². The van der Waals surface area contributed by atoms with E-state index in [1.165, 1.54) is 0 Å². The number of piperidine rings is 1. The lowest BCUT2D eigenvalue weighted by Gasteiger charge is -2.31. The number of hydrogen-bond acceptors (Lipinski definition) is 4. The minimum absolute atomic E-state index is 0.0222. The maximum absolute atomic E-state index is 12.5. The monoisotopic (exact) mass is 339 g/mol. The van der Waals surface area contributed by atoms with Gasteiger partial charge in [0.25, 0.3) is 0 Å². The molecule has 1 unspecified atom stereocenters. The standard InChI is InChI=1S/C17H22ClNO4/c1-3-23-17(21)13-5-4-8-19(11-13)16(20)9-12-6-7-14(22-2)10-15(12)18/h6-7,10,13H,3-5,8-9,11H2,1-2H3. The molecule has 1 heterocycles. The highest BCUT2D eigenvalue weighted by molar-refractivity contribution is 6.31. The van der Waals surface area contributed by atoms with E-state index in [-0.39, 0.29) is 24.2 Å². The van der Waals surface area contributed by atoms with E-state index in [2.05, 4.69) is 0 Å². The molecule has 6 heteroatoms. The van der Waals surface area contributed by atoms with Crippen molar-refractivity contribution in [3.63, 3.8) is 0 Å². The lowest BCUT2D eigenvalue weighted by molar-refractivity contribution is -0.151. The molecule has 2 rings (SSSR count). The van der Waals surface area contributed by atoms with E-state index < -0.39 is 0 Å². The van der Waals surface area contributed by atoms with Crippen molar-refractivity contribution in [3.05, 3.63) is 28.8 Å². The SMILES string of the molecule is CCOC(=O)C1CCCN(C(=O)Cc2ccc(OC)cc2Cl)C1. The molecule has 1 aromatic carbocycles. The number of rotatable bonds is 5. The number of ether oxygens (including phenoxy) is 2. The maximum Gasteiger partial charge on any atom is 0.310 e. The summed E-state index contributed by atoms with van der Waals surface area (Å²) in [6, 6.07) is 5.28. The second kappa shape index (κ2) is 8.20. The number of carbonyl (C=O) groups is 2. The second-order valence-corrected chi connectivity index (χ2v) is 5.97. The molecule has 0 bridgehead atoms. The van der Waals surface area contributed by atoms with E-state index >= 15 is 0 Å². The molecule has 0 saturated carbocycles. The number of esters is 1. The number of hydrogen-bond donors (Lipinski definition) is 0. The Balaban J connectivity index is 1.98. The van der Waals surface area contributed by atoms with Crippen LogP contribution in [0.2, 0.25) is 5.02 Å². The Morgan fingerprint density at radius 2 is 2.17 bits per heavy atom. The second-order valence-electron chi connectivity index (χ2n) is 5.57. The van der Waals surface area contributed by atoms with Crippen LogP contribution in [0.4, 0.5) is 0 Å². The molecule has 1 aliphatic rings. The van der Waals surface area contributed by atoms with Crippen LogP contribution in [0.5, 0.6) is 5.75 Å². The molecule has 126 valence electrons. The van der Waals surface area contributed by atoms with Crippen LogP contribution in [-0.2, 0) is 20.7 Å². The molecule has 1 amide bonds. The van der Waals surface area contributed by atoms with Crippen LogP contribution in [0.3, 0.4) is 0 Å². The van der Waals surface area contributed by atoms with Gasteiger partial charge in [0.05, 0.1) is 26.1 Å². The molecular formula is C17H22ClNO4. The van der Waals surface area contributed by atoms with Crippen molar-refractivity contribution in [1.82, 2.24) is 4.90 Å². The first-order valence-corrected chi connectivity index (χ1v) is 8.19. The highest BCUT2D eigenvalue weighted by Crippen LogP contribution is 2.24. The molecule has 1 aliphatic heterocycles. The van der Waals surface area contributed by atoms with E-state index in [0.717, 1.165) is 18.4 Å². The lowest BCUT2D eigenvalue weighted by atomic mass is 9.97. The van der Waals surface area contributed by atoms with Gasteiger partial charge in [0.1, 0.15) is 5.75 Å². The topological polar surface area (TPSA) is 55.8 Å². The highest BCUT2D eigenvalue weighted by Gasteiger charge is 2.29. The van der Waals surface area contributed by atoms with Gasteiger partial charge in [-0.05, 0) is 37.5 Å². The van der Waals surface area contributed by atoms with Crippen LogP contribution in [0.25, 0.3) is 0 Å². The summed E-state index contributed by atoms with van der Waals surface area (Å²) < 4.78 is 10.2. The van der Waals surface area contributed by atoms with Gasteiger partial charge in [-0.1, -0.05) is 17.7 Å². The Kier molecular flexibility index (Phi) is 6.28. The third kappa shape index (κ3) is 4.61. The molecule has 1 atom stereocenters. The van der Waals surface area contributed by atoms with Gasteiger partial charge in [0.2, 0.25) is 5.91 Å². The quantitative estimate of drug-likeness (QED) is 0.774. The zero-order valence-corrected chi connectivity index (χ0v) is 14.3. The Labute approximate surface area is 141 Å². The van der Waals surface area contributed by atoms with Crippen LogP contribution in [0.15, 0.2) is 18.2 Å². The van der Waals surface area contributed by atoms with Crippen LogP contribution in [-0.4, -0.2) is 43.6 Å². The van der Waals surface area contributed by atoms with Gasteiger partial charge in [-0.3, -0.25) is 9.59 Å². The smallest absolute Gasteiger partial charge is 0.310 e. The van der Waals surface area contributed by atoms with Gasteiger partial charge in [0.15, 0.2) is 0 Å². The number of likely N-dealkylation sites (tertiary alicyclic amines) is 1. The Hall–Kier alpha value is -1.75. The van der Waals surface area contributed by atoms with Crippen molar-refractivity contribution < 1.29 is 19.1 Å². The zero-order valence-electron chi connectivity index (χ0n) is 13.5. The Morgan fingerprint density at radius 3 is 2.83 bits per heavy atom. The van der Waals surface area contributed by atoms with E-state index in [1.807, 2.05) is 0 Å². The first-order valence-electron chi connectivity index (χ1n) is 7.82. The van der Waals surface area contributed by atoms with Crippen LogP contribution in [0, 0.1) is 5.92 Å². The summed E-state index contributed by atoms with van der Waals surface area (Å²) in [5.74, 6) is 0.198. The molecule has 1 fully saturated rings. The van der Waals surface area contributed by atoms with Crippen molar-refractivity contribution in [1.29, 1.82) is 0 Å². The molecular weight excluding hydrogens is 318 g/mol. The average molecular weight is 340 g/mol. The fraction of sp³-hybridized carbons (Fsp3) is 0.529. The van der Waals surface area contributed by atoms with E-state index in [0.29, 0.717) is 30.5 Å². The van der Waals surface area contributed by atoms with E-state index in [4.69, 9.17) is 21.1 Å². The first kappa shape index (κ1) is 17.6. The normalized spacial score (nSPS) is 17.7. The molecule has 1 aromatic rings. The van der Waals surface area contributed by atoms with Gasteiger partial charge < -0.3 is 14.4 Å². The third-order valence-electron chi connectivity index (χ3n) is 4.00. The van der Waals surface area contributed by atoms with Crippen molar-refractivity contribution >= 4 is 23.5 Å². The minimum atomic E-state index is -0.223. The number of nitrogens with zero attached hydrogens (tertiary/aromatic N) is 1. The third-order valence-corrected chi connectivity index (χ3v) is 4.35. The maximum atomic E-state index is 12.5. The van der Waals surface area contributed by atoms with E-state index in [1.54, 1.807) is 37.1 Å². The Morgan fingerprint density at radius 1 is 1.39 bits per heavy atom. The molecule has 0 spiro atoms. The summed E-state index contributed by atoms with van der Waals surface area (Å²) in [6.07, 6.45) is 1.80. The van der Waals surface area contributed by atoms with Gasteiger partial charge in [-0.2, -0.15) is 0 Å². The number of amides is 1. The van der Waals surface area contributed by atoms with Crippen LogP contribution in [0.1, 0.15) is 25.3 Å². The summed E-state index contributed by atoms with van der Waals surface area (Å²) >= 11 is 6.19. The van der Waals surface area contributed by atoms with Gasteiger partial charge in [-0.15, -0.1) is 0 Å². The summed E-state index contributed by atoms with van der Waals surface area (Å²) in [6.45, 7) is 3.24. The highest BCUT2D eigenvalue weighted by atomic mass is 35.5. The van der Waals surface area contributed by atoms with Crippen LogP contribution >= 0.6 is 11.6 Å². The molecule has 0 radical (unpaired) electrons. The fourth-order valence-electron chi connectivity index (χ4n) is 2.73. The molecule has 5 nitrogen and oxygen atoms in total.